The molecule has 2 aromatic heterocycles. The Balaban J connectivity index is 1.54. The fraction of sp³-hybridized carbons (Fsp3) is 0.167. The number of hydrogen-bond acceptors (Lipinski definition) is 5. The SMILES string of the molecule is Cc1ccc(NC(=S)/N=C(\Nc2ccc(Cn3cncn3)cc2)Nc2nc(C)cc(C)n2)c(Cl)c1. The lowest BCUT2D eigenvalue weighted by Crippen LogP contribution is -2.26. The van der Waals surface area contributed by atoms with Crippen molar-refractivity contribution >= 4 is 52.2 Å². The third-order valence-corrected chi connectivity index (χ3v) is 5.33. The highest BCUT2D eigenvalue weighted by Gasteiger charge is 2.09. The van der Waals surface area contributed by atoms with Gasteiger partial charge in [0.2, 0.25) is 17.0 Å². The van der Waals surface area contributed by atoms with Crippen molar-refractivity contribution in [2.45, 2.75) is 27.3 Å². The molecule has 9 nitrogen and oxygen atoms in total. The van der Waals surface area contributed by atoms with Crippen LogP contribution in [0.4, 0.5) is 17.3 Å². The number of aryl methyl sites for hydroxylation is 3. The van der Waals surface area contributed by atoms with Crippen molar-refractivity contribution in [2.75, 3.05) is 16.0 Å². The third-order valence-electron chi connectivity index (χ3n) is 4.82. The van der Waals surface area contributed by atoms with Crippen molar-refractivity contribution in [3.8, 4) is 0 Å². The number of hydrogen-bond donors (Lipinski definition) is 3. The summed E-state index contributed by atoms with van der Waals surface area (Å²) < 4.78 is 1.76. The monoisotopic (exact) mass is 505 g/mol. The molecule has 11 heteroatoms. The summed E-state index contributed by atoms with van der Waals surface area (Å²) >= 11 is 11.8. The number of nitrogens with one attached hydrogen (secondary N) is 3. The molecule has 0 aliphatic heterocycles. The van der Waals surface area contributed by atoms with Gasteiger partial charge < -0.3 is 10.6 Å². The van der Waals surface area contributed by atoms with Crippen LogP contribution in [0.2, 0.25) is 5.02 Å². The lowest BCUT2D eigenvalue weighted by molar-refractivity contribution is 0.685. The minimum Gasteiger partial charge on any atom is -0.330 e. The summed E-state index contributed by atoms with van der Waals surface area (Å²) in [6.07, 6.45) is 3.19. The van der Waals surface area contributed by atoms with Gasteiger partial charge in [0.1, 0.15) is 12.7 Å². The molecule has 0 amide bonds. The number of benzene rings is 2. The second-order valence-corrected chi connectivity index (χ2v) is 8.68. The lowest BCUT2D eigenvalue weighted by atomic mass is 10.2. The highest BCUT2D eigenvalue weighted by atomic mass is 35.5. The van der Waals surface area contributed by atoms with E-state index in [1.165, 1.54) is 6.33 Å². The molecule has 0 spiro atoms. The van der Waals surface area contributed by atoms with E-state index < -0.39 is 0 Å². The van der Waals surface area contributed by atoms with Crippen LogP contribution in [-0.4, -0.2) is 35.8 Å². The highest BCUT2D eigenvalue weighted by Crippen LogP contribution is 2.23. The highest BCUT2D eigenvalue weighted by molar-refractivity contribution is 7.80. The molecule has 178 valence electrons. The molecule has 0 bridgehead atoms. The minimum absolute atomic E-state index is 0.220. The number of nitrogens with zero attached hydrogens (tertiary/aromatic N) is 6. The Bertz CT molecular complexity index is 1330. The number of rotatable bonds is 5. The third kappa shape index (κ3) is 7.05. The Labute approximate surface area is 213 Å². The van der Waals surface area contributed by atoms with E-state index in [1.54, 1.807) is 11.0 Å². The van der Waals surface area contributed by atoms with E-state index in [2.05, 4.69) is 41.0 Å². The Hall–Kier alpha value is -3.89. The molecule has 3 N–H and O–H groups in total. The first-order valence-corrected chi connectivity index (χ1v) is 11.6. The van der Waals surface area contributed by atoms with E-state index in [1.807, 2.05) is 69.3 Å². The van der Waals surface area contributed by atoms with Crippen LogP contribution in [0.1, 0.15) is 22.5 Å². The fourth-order valence-corrected chi connectivity index (χ4v) is 3.76. The second-order valence-electron chi connectivity index (χ2n) is 7.89. The van der Waals surface area contributed by atoms with Crippen molar-refractivity contribution in [1.82, 2.24) is 24.7 Å². The van der Waals surface area contributed by atoms with Crippen LogP contribution in [-0.2, 0) is 6.54 Å². The van der Waals surface area contributed by atoms with E-state index in [9.17, 15) is 0 Å². The molecule has 4 aromatic rings. The summed E-state index contributed by atoms with van der Waals surface area (Å²) in [5, 5.41) is 14.4. The largest absolute Gasteiger partial charge is 0.330 e. The van der Waals surface area contributed by atoms with Crippen molar-refractivity contribution < 1.29 is 0 Å². The van der Waals surface area contributed by atoms with Crippen LogP contribution in [0, 0.1) is 20.8 Å². The van der Waals surface area contributed by atoms with Crippen LogP contribution in [0.5, 0.6) is 0 Å². The van der Waals surface area contributed by atoms with Gasteiger partial charge in [0.15, 0.2) is 0 Å². The Morgan fingerprint density at radius 3 is 2.37 bits per heavy atom. The maximum atomic E-state index is 6.34. The summed E-state index contributed by atoms with van der Waals surface area (Å²) in [6.45, 7) is 6.41. The smallest absolute Gasteiger partial charge is 0.229 e. The van der Waals surface area contributed by atoms with Gasteiger partial charge in [0, 0.05) is 17.1 Å². The van der Waals surface area contributed by atoms with Crippen LogP contribution < -0.4 is 16.0 Å². The molecule has 0 saturated carbocycles. The molecule has 0 radical (unpaired) electrons. The molecular weight excluding hydrogens is 482 g/mol. The topological polar surface area (TPSA) is 105 Å². The number of aromatic nitrogens is 5. The fourth-order valence-electron chi connectivity index (χ4n) is 3.27. The van der Waals surface area contributed by atoms with Crippen LogP contribution in [0.25, 0.3) is 0 Å². The average molecular weight is 506 g/mol. The summed E-state index contributed by atoms with van der Waals surface area (Å²) in [6, 6.07) is 15.4. The molecule has 0 aliphatic carbocycles. The average Bonchev–Trinajstić information content (AvgIpc) is 3.29. The number of anilines is 3. The standard InChI is InChI=1S/C24H24ClN9S/c1-15-4-9-21(20(25)10-15)31-24(35)33-23(32-22-28-16(2)11-17(3)29-22)30-19-7-5-18(6-8-19)12-34-14-26-13-27-34/h4-11,13-14H,12H2,1-3H3,(H3,28,29,30,31,32,33,35). The first-order valence-electron chi connectivity index (χ1n) is 10.8. The lowest BCUT2D eigenvalue weighted by Gasteiger charge is -2.14. The zero-order chi connectivity index (χ0) is 24.8. The Morgan fingerprint density at radius 1 is 0.971 bits per heavy atom. The van der Waals surface area contributed by atoms with Crippen LogP contribution >= 0.6 is 23.8 Å². The normalized spacial score (nSPS) is 11.3. The zero-order valence-corrected chi connectivity index (χ0v) is 21.0. The van der Waals surface area contributed by atoms with E-state index >= 15 is 0 Å². The summed E-state index contributed by atoms with van der Waals surface area (Å²) in [4.78, 5) is 17.4. The van der Waals surface area contributed by atoms with E-state index in [4.69, 9.17) is 23.8 Å². The molecule has 35 heavy (non-hydrogen) atoms. The molecule has 0 unspecified atom stereocenters. The second kappa shape index (κ2) is 11.0. The van der Waals surface area contributed by atoms with Gasteiger partial charge in [-0.25, -0.2) is 19.6 Å². The zero-order valence-electron chi connectivity index (χ0n) is 19.5. The van der Waals surface area contributed by atoms with Crippen LogP contribution in [0.3, 0.4) is 0 Å². The van der Waals surface area contributed by atoms with Gasteiger partial charge in [-0.1, -0.05) is 29.8 Å². The van der Waals surface area contributed by atoms with Gasteiger partial charge in [0.05, 0.1) is 17.3 Å². The molecule has 0 saturated heterocycles. The van der Waals surface area contributed by atoms with Crippen LogP contribution in [0.15, 0.2) is 66.2 Å². The van der Waals surface area contributed by atoms with Gasteiger partial charge in [-0.3, -0.25) is 5.32 Å². The summed E-state index contributed by atoms with van der Waals surface area (Å²) in [7, 11) is 0. The number of guanidine groups is 1. The number of halogens is 1. The first kappa shape index (κ1) is 24.2. The molecule has 4 rings (SSSR count). The molecular formula is C24H24ClN9S. The molecule has 2 heterocycles. The minimum atomic E-state index is 0.220. The van der Waals surface area contributed by atoms with E-state index in [0.717, 1.165) is 28.2 Å². The van der Waals surface area contributed by atoms with E-state index in [-0.39, 0.29) is 5.11 Å². The molecule has 0 atom stereocenters. The Kier molecular flexibility index (Phi) is 7.64. The quantitative estimate of drug-likeness (QED) is 0.198. The van der Waals surface area contributed by atoms with Gasteiger partial charge in [-0.15, -0.1) is 0 Å². The van der Waals surface area contributed by atoms with Gasteiger partial charge in [0.25, 0.3) is 0 Å². The Morgan fingerprint density at radius 2 is 1.71 bits per heavy atom. The predicted octanol–water partition coefficient (Wildman–Crippen LogP) is 4.97. The molecule has 0 fully saturated rings. The van der Waals surface area contributed by atoms with Gasteiger partial charge >= 0.3 is 0 Å². The maximum absolute atomic E-state index is 6.34. The first-order chi connectivity index (χ1) is 16.8. The van der Waals surface area contributed by atoms with Gasteiger partial charge in [-0.2, -0.15) is 10.1 Å². The summed E-state index contributed by atoms with van der Waals surface area (Å²) in [5.41, 5.74) is 5.28. The maximum Gasteiger partial charge on any atom is 0.229 e. The van der Waals surface area contributed by atoms with Gasteiger partial charge in [-0.05, 0) is 74.4 Å². The van der Waals surface area contributed by atoms with Crippen molar-refractivity contribution in [2.24, 2.45) is 4.99 Å². The molecule has 2 aromatic carbocycles. The van der Waals surface area contributed by atoms with E-state index in [0.29, 0.717) is 29.2 Å². The predicted molar refractivity (Wildman–Crippen MR) is 144 cm³/mol. The van der Waals surface area contributed by atoms with Crippen molar-refractivity contribution in [1.29, 1.82) is 0 Å². The summed E-state index contributed by atoms with van der Waals surface area (Å²) in [5.74, 6) is 0.771. The van der Waals surface area contributed by atoms with Crippen molar-refractivity contribution in [3.05, 3.63) is 88.7 Å². The number of aliphatic imine (C=N–C) groups is 1. The molecule has 0 aliphatic rings. The van der Waals surface area contributed by atoms with Crippen molar-refractivity contribution in [3.63, 3.8) is 0 Å². The number of thiocarbonyl (C=S) groups is 1.